The van der Waals surface area contributed by atoms with Gasteiger partial charge in [-0.2, -0.15) is 0 Å². The van der Waals surface area contributed by atoms with E-state index in [0.717, 1.165) is 16.8 Å². The maximum Gasteiger partial charge on any atom is 0.225 e. The molecule has 1 unspecified atom stereocenters. The van der Waals surface area contributed by atoms with E-state index in [4.69, 9.17) is 0 Å². The van der Waals surface area contributed by atoms with E-state index < -0.39 is 0 Å². The molecule has 1 aliphatic heterocycles. The number of anilines is 1. The monoisotopic (exact) mass is 315 g/mol. The summed E-state index contributed by atoms with van der Waals surface area (Å²) < 4.78 is 14.0. The number of nitrogens with zero attached hydrogens (tertiary/aromatic N) is 2. The molecular formula is C18H22FN3O. The molecule has 1 aliphatic rings. The lowest BCUT2D eigenvalue weighted by Crippen LogP contribution is -2.43. The van der Waals surface area contributed by atoms with Crippen molar-refractivity contribution in [2.24, 2.45) is 0 Å². The van der Waals surface area contributed by atoms with Crippen molar-refractivity contribution < 1.29 is 9.18 Å². The molecule has 0 saturated carbocycles. The van der Waals surface area contributed by atoms with Crippen molar-refractivity contribution in [1.82, 2.24) is 9.88 Å². The highest BCUT2D eigenvalue weighted by Crippen LogP contribution is 2.29. The summed E-state index contributed by atoms with van der Waals surface area (Å²) in [7, 11) is 0. The Hall–Kier alpha value is -2.17. The molecule has 0 bridgehead atoms. The first-order valence-corrected chi connectivity index (χ1v) is 7.88. The Morgan fingerprint density at radius 3 is 2.74 bits per heavy atom. The van der Waals surface area contributed by atoms with Crippen LogP contribution < -0.4 is 5.32 Å². The van der Waals surface area contributed by atoms with Gasteiger partial charge in [0.2, 0.25) is 5.91 Å². The Morgan fingerprint density at radius 1 is 1.35 bits per heavy atom. The van der Waals surface area contributed by atoms with Crippen LogP contribution in [0.4, 0.5) is 10.1 Å². The fourth-order valence-corrected chi connectivity index (χ4v) is 3.13. The summed E-state index contributed by atoms with van der Waals surface area (Å²) in [6.45, 7) is 8.61. The van der Waals surface area contributed by atoms with Gasteiger partial charge in [-0.25, -0.2) is 9.37 Å². The van der Waals surface area contributed by atoms with Crippen molar-refractivity contribution in [3.05, 3.63) is 35.8 Å². The number of benzene rings is 1. The first-order chi connectivity index (χ1) is 10.8. The molecule has 3 rings (SSSR count). The van der Waals surface area contributed by atoms with E-state index in [1.165, 1.54) is 6.07 Å². The number of amides is 1. The van der Waals surface area contributed by atoms with Gasteiger partial charge in [0, 0.05) is 35.3 Å². The maximum absolute atomic E-state index is 14.0. The van der Waals surface area contributed by atoms with Crippen molar-refractivity contribution in [3.8, 4) is 0 Å². The second-order valence-corrected chi connectivity index (χ2v) is 7.17. The number of para-hydroxylation sites is 1. The Labute approximate surface area is 135 Å². The van der Waals surface area contributed by atoms with Crippen molar-refractivity contribution in [2.75, 3.05) is 11.9 Å². The number of fused-ring (bicyclic) bond motifs is 1. The predicted molar refractivity (Wildman–Crippen MR) is 89.9 cm³/mol. The molecule has 1 fully saturated rings. The lowest BCUT2D eigenvalue weighted by atomic mass is 10.1. The van der Waals surface area contributed by atoms with Gasteiger partial charge in [-0.3, -0.25) is 4.79 Å². The van der Waals surface area contributed by atoms with Gasteiger partial charge in [0.15, 0.2) is 0 Å². The zero-order chi connectivity index (χ0) is 16.8. The lowest BCUT2D eigenvalue weighted by molar-refractivity contribution is -0.131. The Kier molecular flexibility index (Phi) is 3.74. The van der Waals surface area contributed by atoms with Crippen molar-refractivity contribution in [2.45, 2.75) is 45.7 Å². The van der Waals surface area contributed by atoms with Crippen LogP contribution >= 0.6 is 0 Å². The average Bonchev–Trinajstić information content (AvgIpc) is 2.81. The van der Waals surface area contributed by atoms with Gasteiger partial charge in [0.05, 0.1) is 6.04 Å². The number of aromatic nitrogens is 1. The third-order valence-electron chi connectivity index (χ3n) is 4.21. The molecule has 1 aromatic carbocycles. The molecule has 2 aromatic rings. The molecule has 23 heavy (non-hydrogen) atoms. The standard InChI is InChI=1S/C18H22FN3O/c1-11-8-15(13-6-5-7-14(19)17(13)20-11)21-12-9-16(23)22(10-12)18(2,3)4/h5-8,12H,9-10H2,1-4H3,(H,20,21). The normalized spacial score (nSPS) is 18.7. The minimum Gasteiger partial charge on any atom is -0.379 e. The fraction of sp³-hybridized carbons (Fsp3) is 0.444. The molecule has 1 amide bonds. The highest BCUT2D eigenvalue weighted by molar-refractivity contribution is 5.92. The minimum absolute atomic E-state index is 0.0231. The summed E-state index contributed by atoms with van der Waals surface area (Å²) in [5.74, 6) is -0.177. The first kappa shape index (κ1) is 15.7. The number of hydrogen-bond donors (Lipinski definition) is 1. The van der Waals surface area contributed by atoms with Crippen molar-refractivity contribution in [1.29, 1.82) is 0 Å². The number of nitrogens with one attached hydrogen (secondary N) is 1. The zero-order valence-corrected chi connectivity index (χ0v) is 14.0. The summed E-state index contributed by atoms with van der Waals surface area (Å²) in [5.41, 5.74) is 1.77. The van der Waals surface area contributed by atoms with Crippen LogP contribution in [0, 0.1) is 12.7 Å². The van der Waals surface area contributed by atoms with E-state index in [2.05, 4.69) is 10.3 Å². The van der Waals surface area contributed by atoms with E-state index in [1.54, 1.807) is 6.07 Å². The number of hydrogen-bond acceptors (Lipinski definition) is 3. The van der Waals surface area contributed by atoms with E-state index in [9.17, 15) is 9.18 Å². The van der Waals surface area contributed by atoms with Gasteiger partial charge in [0.1, 0.15) is 11.3 Å². The van der Waals surface area contributed by atoms with Crippen LogP contribution in [0.2, 0.25) is 0 Å². The summed E-state index contributed by atoms with van der Waals surface area (Å²) in [4.78, 5) is 18.4. The highest BCUT2D eigenvalue weighted by atomic mass is 19.1. The summed E-state index contributed by atoms with van der Waals surface area (Å²) in [6, 6.07) is 6.88. The summed E-state index contributed by atoms with van der Waals surface area (Å²) in [5, 5.41) is 4.16. The van der Waals surface area contributed by atoms with Crippen molar-refractivity contribution >= 4 is 22.5 Å². The van der Waals surface area contributed by atoms with Crippen LogP contribution in [-0.4, -0.2) is 33.9 Å². The van der Waals surface area contributed by atoms with Gasteiger partial charge in [-0.1, -0.05) is 12.1 Å². The molecule has 1 saturated heterocycles. The molecule has 0 aliphatic carbocycles. The SMILES string of the molecule is Cc1cc(NC2CC(=O)N(C(C)(C)C)C2)c2cccc(F)c2n1. The number of carbonyl (C=O) groups is 1. The zero-order valence-electron chi connectivity index (χ0n) is 14.0. The van der Waals surface area contributed by atoms with Gasteiger partial charge >= 0.3 is 0 Å². The molecule has 1 aromatic heterocycles. The molecule has 122 valence electrons. The maximum atomic E-state index is 14.0. The van der Waals surface area contributed by atoms with Crippen LogP contribution in [0.3, 0.4) is 0 Å². The number of halogens is 1. The smallest absolute Gasteiger partial charge is 0.225 e. The number of pyridine rings is 1. The molecule has 4 nitrogen and oxygen atoms in total. The van der Waals surface area contributed by atoms with Crippen LogP contribution in [0.15, 0.2) is 24.3 Å². The van der Waals surface area contributed by atoms with Crippen LogP contribution in [0.1, 0.15) is 32.9 Å². The van der Waals surface area contributed by atoms with E-state index in [-0.39, 0.29) is 23.3 Å². The molecule has 0 spiro atoms. The minimum atomic E-state index is -0.326. The molecule has 1 N–H and O–H groups in total. The van der Waals surface area contributed by atoms with Crippen molar-refractivity contribution in [3.63, 3.8) is 0 Å². The summed E-state index contributed by atoms with van der Waals surface area (Å²) >= 11 is 0. The number of rotatable bonds is 2. The van der Waals surface area contributed by atoms with Crippen LogP contribution in [-0.2, 0) is 4.79 Å². The molecule has 0 radical (unpaired) electrons. The lowest BCUT2D eigenvalue weighted by Gasteiger charge is -2.32. The highest BCUT2D eigenvalue weighted by Gasteiger charge is 2.36. The number of aryl methyl sites for hydroxylation is 1. The number of likely N-dealkylation sites (tertiary alicyclic amines) is 1. The molecular weight excluding hydrogens is 293 g/mol. The Bertz CT molecular complexity index is 767. The molecule has 2 heterocycles. The Morgan fingerprint density at radius 2 is 2.09 bits per heavy atom. The molecule has 1 atom stereocenters. The first-order valence-electron chi connectivity index (χ1n) is 7.88. The largest absolute Gasteiger partial charge is 0.379 e. The number of carbonyl (C=O) groups excluding carboxylic acids is 1. The summed E-state index contributed by atoms with van der Waals surface area (Å²) in [6.07, 6.45) is 0.454. The third-order valence-corrected chi connectivity index (χ3v) is 4.21. The van der Waals surface area contributed by atoms with Gasteiger partial charge in [-0.15, -0.1) is 0 Å². The molecule has 5 heteroatoms. The second kappa shape index (κ2) is 5.48. The average molecular weight is 315 g/mol. The van der Waals surface area contributed by atoms with Gasteiger partial charge in [0.25, 0.3) is 0 Å². The van der Waals surface area contributed by atoms with Gasteiger partial charge < -0.3 is 10.2 Å². The van der Waals surface area contributed by atoms with E-state index >= 15 is 0 Å². The predicted octanol–water partition coefficient (Wildman–Crippen LogP) is 3.49. The topological polar surface area (TPSA) is 45.2 Å². The van der Waals surface area contributed by atoms with Crippen LogP contribution in [0.5, 0.6) is 0 Å². The van der Waals surface area contributed by atoms with Gasteiger partial charge in [-0.05, 0) is 39.8 Å². The third kappa shape index (κ3) is 3.00. The quantitative estimate of drug-likeness (QED) is 0.922. The van der Waals surface area contributed by atoms with E-state index in [1.807, 2.05) is 44.7 Å². The van der Waals surface area contributed by atoms with E-state index in [0.29, 0.717) is 18.5 Å². The second-order valence-electron chi connectivity index (χ2n) is 7.17. The fourth-order valence-electron chi connectivity index (χ4n) is 3.13. The Balaban J connectivity index is 1.91. The van der Waals surface area contributed by atoms with Crippen LogP contribution in [0.25, 0.3) is 10.9 Å².